The maximum atomic E-state index is 11.7. The Hall–Kier alpha value is -1.69. The molecule has 0 saturated heterocycles. The van der Waals surface area contributed by atoms with Gasteiger partial charge in [-0.1, -0.05) is 6.92 Å². The van der Waals surface area contributed by atoms with Crippen LogP contribution in [0.1, 0.15) is 13.3 Å². The second-order valence-corrected chi connectivity index (χ2v) is 4.15. The van der Waals surface area contributed by atoms with E-state index in [1.807, 2.05) is 13.0 Å². The molecule has 0 saturated carbocycles. The summed E-state index contributed by atoms with van der Waals surface area (Å²) in [6.07, 6.45) is 4.31. The van der Waals surface area contributed by atoms with Crippen LogP contribution in [0, 0.1) is 4.77 Å². The number of nitrogens with one attached hydrogen (secondary N) is 2. The minimum absolute atomic E-state index is 0.0272. The largest absolute Gasteiger partial charge is 0.355 e. The molecule has 2 aromatic rings. The van der Waals surface area contributed by atoms with Crippen molar-refractivity contribution in [2.45, 2.75) is 19.9 Å². The van der Waals surface area contributed by atoms with E-state index in [-0.39, 0.29) is 12.5 Å². The lowest BCUT2D eigenvalue weighted by Gasteiger charge is -2.05. The van der Waals surface area contributed by atoms with E-state index in [1.54, 1.807) is 17.0 Å². The first-order valence-corrected chi connectivity index (χ1v) is 5.92. The summed E-state index contributed by atoms with van der Waals surface area (Å²) in [4.78, 5) is 18.7. The first-order valence-electron chi connectivity index (χ1n) is 5.51. The van der Waals surface area contributed by atoms with Gasteiger partial charge in [-0.15, -0.1) is 0 Å². The Bertz CT molecular complexity index is 586. The summed E-state index contributed by atoms with van der Waals surface area (Å²) in [7, 11) is 0. The predicted octanol–water partition coefficient (Wildman–Crippen LogP) is 1.62. The zero-order chi connectivity index (χ0) is 12.3. The fourth-order valence-corrected chi connectivity index (χ4v) is 1.90. The van der Waals surface area contributed by atoms with E-state index in [9.17, 15) is 4.79 Å². The Labute approximate surface area is 104 Å². The highest BCUT2D eigenvalue weighted by atomic mass is 32.1. The minimum atomic E-state index is -0.0272. The SMILES string of the molecule is CCCNC(=O)Cn1c(=S)[nH]c2cnccc21. The number of carbonyl (C=O) groups excluding carboxylic acids is 1. The van der Waals surface area contributed by atoms with Crippen molar-refractivity contribution in [2.24, 2.45) is 0 Å². The van der Waals surface area contributed by atoms with Crippen LogP contribution >= 0.6 is 12.2 Å². The Morgan fingerprint density at radius 3 is 3.24 bits per heavy atom. The zero-order valence-corrected chi connectivity index (χ0v) is 10.4. The molecule has 2 N–H and O–H groups in total. The number of rotatable bonds is 4. The van der Waals surface area contributed by atoms with Crippen molar-refractivity contribution in [3.63, 3.8) is 0 Å². The molecule has 90 valence electrons. The van der Waals surface area contributed by atoms with Crippen LogP contribution < -0.4 is 5.32 Å². The molecule has 0 bridgehead atoms. The summed E-state index contributed by atoms with van der Waals surface area (Å²) in [5.74, 6) is -0.0272. The molecule has 0 aliphatic rings. The standard InChI is InChI=1S/C11H14N4OS/c1-2-4-13-10(16)7-15-9-3-5-12-6-8(9)14-11(15)17/h3,5-6H,2,4,7H2,1H3,(H,13,16)(H,14,17). The van der Waals surface area contributed by atoms with Crippen molar-refractivity contribution < 1.29 is 4.79 Å². The van der Waals surface area contributed by atoms with E-state index in [2.05, 4.69) is 15.3 Å². The van der Waals surface area contributed by atoms with E-state index >= 15 is 0 Å². The fraction of sp³-hybridized carbons (Fsp3) is 0.364. The van der Waals surface area contributed by atoms with Crippen LogP contribution in [0.25, 0.3) is 11.0 Å². The number of H-pyrrole nitrogens is 1. The maximum Gasteiger partial charge on any atom is 0.240 e. The Kier molecular flexibility index (Phi) is 3.53. The summed E-state index contributed by atoms with van der Waals surface area (Å²) in [5, 5.41) is 2.83. The first kappa shape index (κ1) is 11.8. The number of fused-ring (bicyclic) bond motifs is 1. The van der Waals surface area contributed by atoms with Crippen molar-refractivity contribution in [2.75, 3.05) is 6.54 Å². The molecule has 17 heavy (non-hydrogen) atoms. The summed E-state index contributed by atoms with van der Waals surface area (Å²) in [5.41, 5.74) is 1.75. The number of hydrogen-bond donors (Lipinski definition) is 2. The van der Waals surface area contributed by atoms with Crippen LogP contribution in [0.5, 0.6) is 0 Å². The van der Waals surface area contributed by atoms with Crippen molar-refractivity contribution in [3.05, 3.63) is 23.2 Å². The van der Waals surface area contributed by atoms with Gasteiger partial charge < -0.3 is 14.9 Å². The lowest BCUT2D eigenvalue weighted by atomic mass is 10.4. The number of aromatic amines is 1. The van der Waals surface area contributed by atoms with Gasteiger partial charge in [0.2, 0.25) is 5.91 Å². The molecular formula is C11H14N4OS. The molecule has 6 heteroatoms. The molecule has 0 spiro atoms. The van der Waals surface area contributed by atoms with Gasteiger partial charge in [0.15, 0.2) is 4.77 Å². The lowest BCUT2D eigenvalue weighted by Crippen LogP contribution is -2.28. The van der Waals surface area contributed by atoms with Crippen LogP contribution in [0.15, 0.2) is 18.5 Å². The first-order chi connectivity index (χ1) is 8.22. The smallest absolute Gasteiger partial charge is 0.240 e. The van der Waals surface area contributed by atoms with Gasteiger partial charge >= 0.3 is 0 Å². The third-order valence-electron chi connectivity index (χ3n) is 2.45. The van der Waals surface area contributed by atoms with E-state index in [1.165, 1.54) is 0 Å². The van der Waals surface area contributed by atoms with Crippen LogP contribution in [0.2, 0.25) is 0 Å². The monoisotopic (exact) mass is 250 g/mol. The van der Waals surface area contributed by atoms with Gasteiger partial charge in [0.1, 0.15) is 6.54 Å². The second-order valence-electron chi connectivity index (χ2n) is 3.76. The maximum absolute atomic E-state index is 11.7. The molecule has 2 aromatic heterocycles. The Morgan fingerprint density at radius 2 is 2.47 bits per heavy atom. The van der Waals surface area contributed by atoms with E-state index < -0.39 is 0 Å². The average molecular weight is 250 g/mol. The lowest BCUT2D eigenvalue weighted by molar-refractivity contribution is -0.121. The minimum Gasteiger partial charge on any atom is -0.355 e. The van der Waals surface area contributed by atoms with E-state index in [0.717, 1.165) is 17.5 Å². The zero-order valence-electron chi connectivity index (χ0n) is 9.56. The number of nitrogens with zero attached hydrogens (tertiary/aromatic N) is 2. The van der Waals surface area contributed by atoms with Crippen molar-refractivity contribution in [3.8, 4) is 0 Å². The van der Waals surface area contributed by atoms with Gasteiger partial charge in [0.05, 0.1) is 17.2 Å². The van der Waals surface area contributed by atoms with E-state index in [4.69, 9.17) is 12.2 Å². The number of amides is 1. The summed E-state index contributed by atoms with van der Waals surface area (Å²) in [6, 6.07) is 1.84. The predicted molar refractivity (Wildman–Crippen MR) is 68.2 cm³/mol. The van der Waals surface area contributed by atoms with Crippen molar-refractivity contribution in [1.29, 1.82) is 0 Å². The highest BCUT2D eigenvalue weighted by Gasteiger charge is 2.07. The van der Waals surface area contributed by atoms with Gasteiger partial charge in [-0.2, -0.15) is 0 Å². The molecule has 0 fully saturated rings. The molecule has 0 aliphatic heterocycles. The molecular weight excluding hydrogens is 236 g/mol. The van der Waals surface area contributed by atoms with Gasteiger partial charge in [0.25, 0.3) is 0 Å². The van der Waals surface area contributed by atoms with E-state index in [0.29, 0.717) is 11.3 Å². The summed E-state index contributed by atoms with van der Waals surface area (Å²) >= 11 is 5.18. The normalized spacial score (nSPS) is 10.6. The number of hydrogen-bond acceptors (Lipinski definition) is 3. The molecule has 1 amide bonds. The molecule has 2 rings (SSSR count). The van der Waals surface area contributed by atoms with Gasteiger partial charge in [-0.25, -0.2) is 0 Å². The van der Waals surface area contributed by atoms with Crippen LogP contribution in [-0.2, 0) is 11.3 Å². The molecule has 0 aliphatic carbocycles. The second kappa shape index (κ2) is 5.09. The van der Waals surface area contributed by atoms with Gasteiger partial charge in [-0.3, -0.25) is 9.78 Å². The molecule has 0 aromatic carbocycles. The van der Waals surface area contributed by atoms with Crippen molar-refractivity contribution >= 4 is 29.2 Å². The molecule has 5 nitrogen and oxygen atoms in total. The fourth-order valence-electron chi connectivity index (χ4n) is 1.63. The molecule has 0 radical (unpaired) electrons. The van der Waals surface area contributed by atoms with Crippen LogP contribution in [0.3, 0.4) is 0 Å². The third kappa shape index (κ3) is 2.52. The number of carbonyl (C=O) groups is 1. The number of pyridine rings is 1. The molecule has 0 unspecified atom stereocenters. The Balaban J connectivity index is 2.26. The average Bonchev–Trinajstić information content (AvgIpc) is 2.64. The topological polar surface area (TPSA) is 62.7 Å². The summed E-state index contributed by atoms with van der Waals surface area (Å²) in [6.45, 7) is 2.95. The van der Waals surface area contributed by atoms with Crippen LogP contribution in [-0.4, -0.2) is 27.0 Å². The summed E-state index contributed by atoms with van der Waals surface area (Å²) < 4.78 is 2.32. The number of imidazole rings is 1. The Morgan fingerprint density at radius 1 is 1.65 bits per heavy atom. The third-order valence-corrected chi connectivity index (χ3v) is 2.77. The van der Waals surface area contributed by atoms with Crippen LogP contribution in [0.4, 0.5) is 0 Å². The quantitative estimate of drug-likeness (QED) is 0.811. The molecule has 2 heterocycles. The highest BCUT2D eigenvalue weighted by Crippen LogP contribution is 2.11. The van der Waals surface area contributed by atoms with Gasteiger partial charge in [0, 0.05) is 12.7 Å². The van der Waals surface area contributed by atoms with Gasteiger partial charge in [-0.05, 0) is 24.7 Å². The highest BCUT2D eigenvalue weighted by molar-refractivity contribution is 7.71. The number of aromatic nitrogens is 3. The van der Waals surface area contributed by atoms with Crippen molar-refractivity contribution in [1.82, 2.24) is 19.9 Å². The molecule has 0 atom stereocenters.